The maximum atomic E-state index is 12.0. The van der Waals surface area contributed by atoms with Crippen LogP contribution < -0.4 is 4.90 Å². The summed E-state index contributed by atoms with van der Waals surface area (Å²) in [6, 6.07) is 7.33. The lowest BCUT2D eigenvalue weighted by atomic mass is 10.2. The Morgan fingerprint density at radius 2 is 1.88 bits per heavy atom. The van der Waals surface area contributed by atoms with Gasteiger partial charge in [0.15, 0.2) is 0 Å². The third kappa shape index (κ3) is 2.49. The van der Waals surface area contributed by atoms with Gasteiger partial charge in [-0.25, -0.2) is 0 Å². The van der Waals surface area contributed by atoms with Crippen LogP contribution in [-0.2, 0) is 9.59 Å². The number of rotatable bonds is 3. The fourth-order valence-corrected chi connectivity index (χ4v) is 2.05. The van der Waals surface area contributed by atoms with E-state index >= 15 is 0 Å². The van der Waals surface area contributed by atoms with Gasteiger partial charge in [-0.05, 0) is 30.7 Å². The van der Waals surface area contributed by atoms with Crippen LogP contribution in [0.1, 0.15) is 6.42 Å². The largest absolute Gasteiger partial charge is 0.481 e. The molecule has 1 aliphatic carbocycles. The molecule has 0 saturated heterocycles. The Labute approximate surface area is 107 Å². The maximum absolute atomic E-state index is 12.0. The number of aliphatic carboxylic acids is 1. The number of nitrogens with zero attached hydrogens (tertiary/aromatic N) is 1. The third-order valence-corrected chi connectivity index (χ3v) is 3.50. The molecule has 1 aliphatic rings. The molecule has 1 saturated carbocycles. The van der Waals surface area contributed by atoms with E-state index in [1.807, 2.05) is 24.3 Å². The average molecular weight is 298 g/mol. The van der Waals surface area contributed by atoms with Crippen LogP contribution in [0.2, 0.25) is 0 Å². The van der Waals surface area contributed by atoms with E-state index in [2.05, 4.69) is 15.9 Å². The van der Waals surface area contributed by atoms with Crippen molar-refractivity contribution in [2.75, 3.05) is 11.9 Å². The molecule has 2 unspecified atom stereocenters. The number of carboxylic acid groups (broad SMARTS) is 1. The molecule has 1 aromatic rings. The van der Waals surface area contributed by atoms with E-state index in [1.165, 1.54) is 4.90 Å². The van der Waals surface area contributed by atoms with Crippen molar-refractivity contribution in [1.82, 2.24) is 0 Å². The summed E-state index contributed by atoms with van der Waals surface area (Å²) >= 11 is 3.32. The first-order chi connectivity index (χ1) is 8.00. The molecular weight excluding hydrogens is 286 g/mol. The van der Waals surface area contributed by atoms with E-state index in [1.54, 1.807) is 7.05 Å². The highest BCUT2D eigenvalue weighted by Gasteiger charge is 2.49. The van der Waals surface area contributed by atoms with Crippen molar-refractivity contribution in [2.24, 2.45) is 11.8 Å². The minimum absolute atomic E-state index is 0.125. The van der Waals surface area contributed by atoms with Gasteiger partial charge in [0.1, 0.15) is 0 Å². The molecule has 1 amide bonds. The second-order valence-corrected chi connectivity index (χ2v) is 5.08. The predicted molar refractivity (Wildman–Crippen MR) is 66.8 cm³/mol. The highest BCUT2D eigenvalue weighted by Crippen LogP contribution is 2.40. The van der Waals surface area contributed by atoms with Crippen molar-refractivity contribution in [3.8, 4) is 0 Å². The van der Waals surface area contributed by atoms with Crippen molar-refractivity contribution in [1.29, 1.82) is 0 Å². The molecule has 0 aliphatic heterocycles. The van der Waals surface area contributed by atoms with Crippen LogP contribution in [0, 0.1) is 11.8 Å². The first-order valence-corrected chi connectivity index (χ1v) is 6.06. The van der Waals surface area contributed by atoms with Gasteiger partial charge < -0.3 is 10.0 Å². The van der Waals surface area contributed by atoms with E-state index in [-0.39, 0.29) is 11.8 Å². The van der Waals surface area contributed by atoms with Crippen LogP contribution in [0.5, 0.6) is 0 Å². The van der Waals surface area contributed by atoms with Crippen LogP contribution >= 0.6 is 15.9 Å². The summed E-state index contributed by atoms with van der Waals surface area (Å²) in [6.07, 6.45) is 0.453. The van der Waals surface area contributed by atoms with E-state index < -0.39 is 11.9 Å². The lowest BCUT2D eigenvalue weighted by molar-refractivity contribution is -0.139. The SMILES string of the molecule is CN(C(=O)C1CC1C(=O)O)c1ccc(Br)cc1. The molecule has 4 nitrogen and oxygen atoms in total. The number of hydrogen-bond donors (Lipinski definition) is 1. The van der Waals surface area contributed by atoms with E-state index in [4.69, 9.17) is 5.11 Å². The Kier molecular flexibility index (Phi) is 3.19. The number of carbonyl (C=O) groups is 2. The smallest absolute Gasteiger partial charge is 0.307 e. The Morgan fingerprint density at radius 3 is 2.35 bits per heavy atom. The molecule has 0 aromatic heterocycles. The molecular formula is C12H12BrNO3. The summed E-state index contributed by atoms with van der Waals surface area (Å²) in [4.78, 5) is 24.2. The van der Waals surface area contributed by atoms with Gasteiger partial charge in [0.2, 0.25) is 5.91 Å². The molecule has 0 heterocycles. The van der Waals surface area contributed by atoms with Crippen LogP contribution in [0.15, 0.2) is 28.7 Å². The van der Waals surface area contributed by atoms with Crippen LogP contribution in [-0.4, -0.2) is 24.0 Å². The quantitative estimate of drug-likeness (QED) is 0.930. The first kappa shape index (κ1) is 12.1. The van der Waals surface area contributed by atoms with Crippen molar-refractivity contribution in [2.45, 2.75) is 6.42 Å². The molecule has 5 heteroatoms. The van der Waals surface area contributed by atoms with Crippen LogP contribution in [0.25, 0.3) is 0 Å². The number of halogens is 1. The van der Waals surface area contributed by atoms with Gasteiger partial charge in [0.25, 0.3) is 0 Å². The molecule has 0 bridgehead atoms. The first-order valence-electron chi connectivity index (χ1n) is 5.26. The van der Waals surface area contributed by atoms with E-state index in [0.717, 1.165) is 10.2 Å². The number of carboxylic acids is 1. The second kappa shape index (κ2) is 4.49. The molecule has 17 heavy (non-hydrogen) atoms. The average Bonchev–Trinajstić information content (AvgIpc) is 3.08. The van der Waals surface area contributed by atoms with Crippen molar-refractivity contribution >= 4 is 33.5 Å². The third-order valence-electron chi connectivity index (χ3n) is 2.97. The minimum Gasteiger partial charge on any atom is -0.481 e. The highest BCUT2D eigenvalue weighted by atomic mass is 79.9. The fraction of sp³-hybridized carbons (Fsp3) is 0.333. The molecule has 1 aromatic carbocycles. The van der Waals surface area contributed by atoms with Gasteiger partial charge in [0, 0.05) is 17.2 Å². The van der Waals surface area contributed by atoms with Gasteiger partial charge >= 0.3 is 5.97 Å². The highest BCUT2D eigenvalue weighted by molar-refractivity contribution is 9.10. The zero-order valence-electron chi connectivity index (χ0n) is 9.26. The summed E-state index contributed by atoms with van der Waals surface area (Å²) in [6.45, 7) is 0. The topological polar surface area (TPSA) is 57.6 Å². The molecule has 2 rings (SSSR count). The zero-order chi connectivity index (χ0) is 12.6. The monoisotopic (exact) mass is 297 g/mol. The Bertz CT molecular complexity index is 457. The molecule has 1 fully saturated rings. The summed E-state index contributed by atoms with van der Waals surface area (Å²) in [5, 5.41) is 8.78. The summed E-state index contributed by atoms with van der Waals surface area (Å²) in [5.41, 5.74) is 0.772. The van der Waals surface area contributed by atoms with Gasteiger partial charge in [0.05, 0.1) is 11.8 Å². The normalized spacial score (nSPS) is 22.0. The van der Waals surface area contributed by atoms with Gasteiger partial charge in [-0.3, -0.25) is 9.59 Å². The van der Waals surface area contributed by atoms with Crippen LogP contribution in [0.3, 0.4) is 0 Å². The van der Waals surface area contributed by atoms with Crippen molar-refractivity contribution < 1.29 is 14.7 Å². The predicted octanol–water partition coefficient (Wildman–Crippen LogP) is 2.13. The molecule has 1 N–H and O–H groups in total. The number of benzene rings is 1. The Balaban J connectivity index is 2.06. The van der Waals surface area contributed by atoms with Gasteiger partial charge in [-0.15, -0.1) is 0 Å². The molecule has 0 radical (unpaired) electrons. The van der Waals surface area contributed by atoms with Gasteiger partial charge in [-0.1, -0.05) is 15.9 Å². The van der Waals surface area contributed by atoms with Gasteiger partial charge in [-0.2, -0.15) is 0 Å². The number of amides is 1. The molecule has 90 valence electrons. The summed E-state index contributed by atoms with van der Waals surface area (Å²) in [5.74, 6) is -1.87. The van der Waals surface area contributed by atoms with Crippen molar-refractivity contribution in [3.05, 3.63) is 28.7 Å². The summed E-state index contributed by atoms with van der Waals surface area (Å²) in [7, 11) is 1.67. The zero-order valence-corrected chi connectivity index (χ0v) is 10.8. The summed E-state index contributed by atoms with van der Waals surface area (Å²) < 4.78 is 0.942. The maximum Gasteiger partial charge on any atom is 0.307 e. The number of anilines is 1. The van der Waals surface area contributed by atoms with E-state index in [9.17, 15) is 9.59 Å². The Hall–Kier alpha value is -1.36. The second-order valence-electron chi connectivity index (χ2n) is 4.16. The standard InChI is InChI=1S/C12H12BrNO3/c1-14(8-4-2-7(13)3-5-8)11(15)9-6-10(9)12(16)17/h2-5,9-10H,6H2,1H3,(H,16,17). The minimum atomic E-state index is -0.882. The number of hydrogen-bond acceptors (Lipinski definition) is 2. The lowest BCUT2D eigenvalue weighted by Gasteiger charge is -2.17. The van der Waals surface area contributed by atoms with Crippen LogP contribution in [0.4, 0.5) is 5.69 Å². The Morgan fingerprint density at radius 1 is 1.29 bits per heavy atom. The number of carbonyl (C=O) groups excluding carboxylic acids is 1. The molecule has 2 atom stereocenters. The molecule has 0 spiro atoms. The lowest BCUT2D eigenvalue weighted by Crippen LogP contribution is -2.28. The van der Waals surface area contributed by atoms with E-state index in [0.29, 0.717) is 6.42 Å². The van der Waals surface area contributed by atoms with Crippen molar-refractivity contribution in [3.63, 3.8) is 0 Å². The fourth-order valence-electron chi connectivity index (χ4n) is 1.78.